The minimum Gasteiger partial charge on any atom is -0.463 e. The van der Waals surface area contributed by atoms with Crippen molar-refractivity contribution in [2.24, 2.45) is 0 Å². The topological polar surface area (TPSA) is 77.1 Å². The van der Waals surface area contributed by atoms with E-state index in [9.17, 15) is 14.0 Å². The molecule has 0 radical (unpaired) electrons. The summed E-state index contributed by atoms with van der Waals surface area (Å²) in [5.41, 5.74) is 0.174. The molecular formula is C17H14FN3O3. The van der Waals surface area contributed by atoms with E-state index in [0.717, 1.165) is 0 Å². The van der Waals surface area contributed by atoms with Crippen LogP contribution < -0.4 is 10.9 Å². The summed E-state index contributed by atoms with van der Waals surface area (Å²) in [7, 11) is 0. The van der Waals surface area contributed by atoms with Crippen LogP contribution in [0.4, 0.5) is 4.39 Å². The van der Waals surface area contributed by atoms with Crippen molar-refractivity contribution in [3.63, 3.8) is 0 Å². The molecule has 7 heteroatoms. The minimum absolute atomic E-state index is 0.0397. The van der Waals surface area contributed by atoms with Crippen molar-refractivity contribution in [2.75, 3.05) is 6.54 Å². The van der Waals surface area contributed by atoms with Crippen LogP contribution >= 0.6 is 0 Å². The third-order valence-electron chi connectivity index (χ3n) is 3.37. The number of furan rings is 1. The van der Waals surface area contributed by atoms with Crippen LogP contribution in [0, 0.1) is 5.82 Å². The first-order valence-corrected chi connectivity index (χ1v) is 7.30. The maximum atomic E-state index is 13.5. The summed E-state index contributed by atoms with van der Waals surface area (Å²) in [5, 5.41) is 6.75. The van der Waals surface area contributed by atoms with Crippen molar-refractivity contribution in [1.29, 1.82) is 0 Å². The van der Waals surface area contributed by atoms with Gasteiger partial charge in [-0.3, -0.25) is 9.59 Å². The first kappa shape index (κ1) is 15.7. The van der Waals surface area contributed by atoms with Gasteiger partial charge in [0.2, 0.25) is 0 Å². The highest BCUT2D eigenvalue weighted by atomic mass is 19.1. The van der Waals surface area contributed by atoms with E-state index in [0.29, 0.717) is 11.5 Å². The Balaban J connectivity index is 1.67. The van der Waals surface area contributed by atoms with E-state index in [2.05, 4.69) is 10.4 Å². The molecule has 24 heavy (non-hydrogen) atoms. The molecule has 0 unspecified atom stereocenters. The SMILES string of the molecule is O=C(NCCn1nc(-c2ccco2)ccc1=O)c1ccccc1F. The molecule has 3 aromatic rings. The number of nitrogens with zero attached hydrogens (tertiary/aromatic N) is 2. The van der Waals surface area contributed by atoms with E-state index in [4.69, 9.17) is 4.42 Å². The van der Waals surface area contributed by atoms with Crippen molar-refractivity contribution < 1.29 is 13.6 Å². The second-order valence-electron chi connectivity index (χ2n) is 4.99. The zero-order valence-electron chi connectivity index (χ0n) is 12.6. The number of hydrogen-bond acceptors (Lipinski definition) is 4. The van der Waals surface area contributed by atoms with Crippen molar-refractivity contribution >= 4 is 5.91 Å². The number of benzene rings is 1. The third kappa shape index (κ3) is 3.40. The highest BCUT2D eigenvalue weighted by Crippen LogP contribution is 2.14. The monoisotopic (exact) mass is 327 g/mol. The number of hydrogen-bond donors (Lipinski definition) is 1. The smallest absolute Gasteiger partial charge is 0.266 e. The Bertz CT molecular complexity index is 903. The molecule has 3 rings (SSSR count). The molecule has 6 nitrogen and oxygen atoms in total. The Morgan fingerprint density at radius 2 is 2.00 bits per heavy atom. The van der Waals surface area contributed by atoms with E-state index in [-0.39, 0.29) is 24.2 Å². The fourth-order valence-electron chi connectivity index (χ4n) is 2.18. The van der Waals surface area contributed by atoms with E-state index >= 15 is 0 Å². The number of carbonyl (C=O) groups excluding carboxylic acids is 1. The van der Waals surface area contributed by atoms with Gasteiger partial charge in [-0.05, 0) is 30.3 Å². The van der Waals surface area contributed by atoms with Crippen LogP contribution in [-0.2, 0) is 6.54 Å². The Hall–Kier alpha value is -3.22. The zero-order valence-corrected chi connectivity index (χ0v) is 12.6. The van der Waals surface area contributed by atoms with Crippen molar-refractivity contribution in [3.05, 3.63) is 76.5 Å². The summed E-state index contributed by atoms with van der Waals surface area (Å²) >= 11 is 0. The molecular weight excluding hydrogens is 313 g/mol. The number of rotatable bonds is 5. The van der Waals surface area contributed by atoms with Crippen LogP contribution in [0.5, 0.6) is 0 Å². The van der Waals surface area contributed by atoms with Gasteiger partial charge in [-0.1, -0.05) is 12.1 Å². The van der Waals surface area contributed by atoms with Crippen LogP contribution in [-0.4, -0.2) is 22.2 Å². The zero-order chi connectivity index (χ0) is 16.9. The number of nitrogens with one attached hydrogen (secondary N) is 1. The molecule has 2 aromatic heterocycles. The molecule has 1 aromatic carbocycles. The highest BCUT2D eigenvalue weighted by molar-refractivity contribution is 5.94. The lowest BCUT2D eigenvalue weighted by atomic mass is 10.2. The highest BCUT2D eigenvalue weighted by Gasteiger charge is 2.10. The normalized spacial score (nSPS) is 10.5. The molecule has 0 spiro atoms. The van der Waals surface area contributed by atoms with Crippen molar-refractivity contribution in [3.8, 4) is 11.5 Å². The Morgan fingerprint density at radius 3 is 2.75 bits per heavy atom. The van der Waals surface area contributed by atoms with Gasteiger partial charge in [-0.25, -0.2) is 9.07 Å². The Kier molecular flexibility index (Phi) is 4.51. The molecule has 0 aliphatic carbocycles. The van der Waals surface area contributed by atoms with E-state index in [1.54, 1.807) is 24.3 Å². The van der Waals surface area contributed by atoms with Gasteiger partial charge in [0.15, 0.2) is 5.76 Å². The van der Waals surface area contributed by atoms with Gasteiger partial charge in [0, 0.05) is 12.6 Å². The molecule has 1 amide bonds. The summed E-state index contributed by atoms with van der Waals surface area (Å²) in [6.45, 7) is 0.301. The van der Waals surface area contributed by atoms with Crippen molar-refractivity contribution in [1.82, 2.24) is 15.1 Å². The predicted octanol–water partition coefficient (Wildman–Crippen LogP) is 2.07. The molecule has 2 heterocycles. The lowest BCUT2D eigenvalue weighted by molar-refractivity contribution is 0.0947. The standard InChI is InChI=1S/C17H14FN3O3/c18-13-5-2-1-4-12(13)17(23)19-9-10-21-16(22)8-7-14(20-21)15-6-3-11-24-15/h1-8,11H,9-10H2,(H,19,23). The molecule has 1 N–H and O–H groups in total. The van der Waals surface area contributed by atoms with Gasteiger partial charge < -0.3 is 9.73 Å². The third-order valence-corrected chi connectivity index (χ3v) is 3.37. The van der Waals surface area contributed by atoms with Crippen LogP contribution in [0.25, 0.3) is 11.5 Å². The Labute approximate surface area is 136 Å². The largest absolute Gasteiger partial charge is 0.463 e. The van der Waals surface area contributed by atoms with Gasteiger partial charge in [-0.2, -0.15) is 5.10 Å². The quantitative estimate of drug-likeness (QED) is 0.778. The summed E-state index contributed by atoms with van der Waals surface area (Å²) < 4.78 is 20.0. The van der Waals surface area contributed by atoms with Gasteiger partial charge >= 0.3 is 0 Å². The maximum Gasteiger partial charge on any atom is 0.266 e. The first-order chi connectivity index (χ1) is 11.6. The second kappa shape index (κ2) is 6.91. The molecule has 0 aliphatic rings. The molecule has 0 atom stereocenters. The van der Waals surface area contributed by atoms with Gasteiger partial charge in [0.25, 0.3) is 11.5 Å². The molecule has 0 bridgehead atoms. The molecule has 122 valence electrons. The first-order valence-electron chi connectivity index (χ1n) is 7.30. The average molecular weight is 327 g/mol. The Morgan fingerprint density at radius 1 is 1.17 bits per heavy atom. The average Bonchev–Trinajstić information content (AvgIpc) is 3.11. The number of amides is 1. The minimum atomic E-state index is -0.592. The fraction of sp³-hybridized carbons (Fsp3) is 0.118. The van der Waals surface area contributed by atoms with Gasteiger partial charge in [0.1, 0.15) is 11.5 Å². The van der Waals surface area contributed by atoms with Gasteiger partial charge in [-0.15, -0.1) is 0 Å². The fourth-order valence-corrected chi connectivity index (χ4v) is 2.18. The lowest BCUT2D eigenvalue weighted by Crippen LogP contribution is -2.32. The number of carbonyl (C=O) groups is 1. The molecule has 0 saturated heterocycles. The summed E-state index contributed by atoms with van der Waals surface area (Å²) in [6, 6.07) is 12.1. The summed E-state index contributed by atoms with van der Waals surface area (Å²) in [6.07, 6.45) is 1.51. The maximum absolute atomic E-state index is 13.5. The summed E-state index contributed by atoms with van der Waals surface area (Å²) in [4.78, 5) is 23.8. The lowest BCUT2D eigenvalue weighted by Gasteiger charge is -2.08. The van der Waals surface area contributed by atoms with Crippen LogP contribution in [0.15, 0.2) is 64.0 Å². The number of halogens is 1. The van der Waals surface area contributed by atoms with Crippen molar-refractivity contribution in [2.45, 2.75) is 6.54 Å². The van der Waals surface area contributed by atoms with E-state index in [1.807, 2.05) is 0 Å². The second-order valence-corrected chi connectivity index (χ2v) is 4.99. The predicted molar refractivity (Wildman–Crippen MR) is 84.9 cm³/mol. The van der Waals surface area contributed by atoms with E-state index < -0.39 is 11.7 Å². The number of aromatic nitrogens is 2. The van der Waals surface area contributed by atoms with Gasteiger partial charge in [0.05, 0.1) is 18.4 Å². The summed E-state index contributed by atoms with van der Waals surface area (Å²) in [5.74, 6) is -0.590. The van der Waals surface area contributed by atoms with Crippen LogP contribution in [0.1, 0.15) is 10.4 Å². The molecule has 0 saturated carbocycles. The van der Waals surface area contributed by atoms with Crippen LogP contribution in [0.3, 0.4) is 0 Å². The van der Waals surface area contributed by atoms with Crippen LogP contribution in [0.2, 0.25) is 0 Å². The molecule has 0 aliphatic heterocycles. The van der Waals surface area contributed by atoms with E-state index in [1.165, 1.54) is 35.2 Å². The molecule has 0 fully saturated rings.